The quantitative estimate of drug-likeness (QED) is 0.0830. The zero-order valence-corrected chi connectivity index (χ0v) is 38.7. The molecule has 0 radical (unpaired) electrons. The van der Waals surface area contributed by atoms with E-state index in [1.165, 1.54) is 0 Å². The summed E-state index contributed by atoms with van der Waals surface area (Å²) in [5.41, 5.74) is 10.1. The van der Waals surface area contributed by atoms with Crippen LogP contribution in [0.2, 0.25) is 0 Å². The van der Waals surface area contributed by atoms with Crippen molar-refractivity contribution >= 4 is 30.3 Å². The van der Waals surface area contributed by atoms with Gasteiger partial charge in [0, 0.05) is 16.4 Å². The highest BCUT2D eigenvalue weighted by atomic mass is 32.1. The standard InChI is InChI=1S/C26H34O4S.C26H32O4/c1-17-13-18(2)25(19(3)27)21(14-17)24(31)12-11-22-23(30-26(4,5)29-22)16-28-15-20-9-7-6-8-10-20;1-18-14-19(2)25(20(3)27)22(15-18)12-9-13-23-24(30-26(4,5)29-23)17-28-16-21-10-7-6-8-11-21/h6-10,13-14,22-24,31H,11-12,15-16H2,1-5H3;6-12,14-15,23-24H,13,16-17H2,1-5H3/b;12-9+. The minimum absolute atomic E-state index is 0.0456. The molecule has 0 N–H and O–H groups in total. The van der Waals surface area contributed by atoms with Crippen LogP contribution in [0.25, 0.3) is 6.08 Å². The molecule has 328 valence electrons. The topological polar surface area (TPSA) is 89.5 Å². The van der Waals surface area contributed by atoms with Crippen LogP contribution in [0.4, 0.5) is 0 Å². The second kappa shape index (κ2) is 21.9. The molecule has 4 aromatic rings. The fourth-order valence-corrected chi connectivity index (χ4v) is 8.80. The fourth-order valence-electron chi connectivity index (χ4n) is 8.44. The third-order valence-corrected chi connectivity index (χ3v) is 11.4. The minimum atomic E-state index is -0.637. The maximum absolute atomic E-state index is 12.2. The van der Waals surface area contributed by atoms with Crippen molar-refractivity contribution < 1.29 is 38.0 Å². The number of carbonyl (C=O) groups is 2. The van der Waals surface area contributed by atoms with Gasteiger partial charge >= 0.3 is 0 Å². The van der Waals surface area contributed by atoms with Crippen molar-refractivity contribution in [3.05, 3.63) is 147 Å². The first-order valence-corrected chi connectivity index (χ1v) is 22.0. The molecule has 4 aromatic carbocycles. The number of ether oxygens (including phenoxy) is 6. The van der Waals surface area contributed by atoms with Gasteiger partial charge in [-0.05, 0) is 122 Å². The van der Waals surface area contributed by atoms with Crippen LogP contribution in [-0.4, -0.2) is 60.8 Å². The highest BCUT2D eigenvalue weighted by molar-refractivity contribution is 7.80. The molecule has 2 saturated heterocycles. The van der Waals surface area contributed by atoms with Gasteiger partial charge < -0.3 is 28.4 Å². The summed E-state index contributed by atoms with van der Waals surface area (Å²) >= 11 is 4.86. The van der Waals surface area contributed by atoms with Gasteiger partial charge in [0.25, 0.3) is 0 Å². The SMILES string of the molecule is CC(=O)c1c(C)cc(C)cc1/C=C/CC1OC(C)(C)OC1COCc1ccccc1.CC(=O)c1c(C)cc(C)cc1C(S)CCC1OC(C)(C)OC1COCc1ccccc1. The molecule has 9 heteroatoms. The molecule has 6 rings (SSSR count). The Morgan fingerprint density at radius 3 is 1.64 bits per heavy atom. The first kappa shape index (κ1) is 48.1. The van der Waals surface area contributed by atoms with Gasteiger partial charge in [0.1, 0.15) is 12.2 Å². The average molecular weight is 851 g/mol. The third kappa shape index (κ3) is 14.3. The van der Waals surface area contributed by atoms with E-state index in [-0.39, 0.29) is 41.2 Å². The van der Waals surface area contributed by atoms with E-state index in [2.05, 4.69) is 43.3 Å². The first-order valence-electron chi connectivity index (χ1n) is 21.4. The second-order valence-electron chi connectivity index (χ2n) is 17.4. The lowest BCUT2D eigenvalue weighted by Gasteiger charge is -2.21. The molecule has 0 saturated carbocycles. The Morgan fingerprint density at radius 2 is 1.11 bits per heavy atom. The third-order valence-electron chi connectivity index (χ3n) is 10.8. The van der Waals surface area contributed by atoms with Crippen LogP contribution >= 0.6 is 12.6 Å². The molecule has 0 spiro atoms. The predicted molar refractivity (Wildman–Crippen MR) is 246 cm³/mol. The summed E-state index contributed by atoms with van der Waals surface area (Å²) in [4.78, 5) is 24.3. The number of ketones is 2. The summed E-state index contributed by atoms with van der Waals surface area (Å²) in [6, 6.07) is 28.5. The van der Waals surface area contributed by atoms with Gasteiger partial charge in [0.05, 0.1) is 38.6 Å². The van der Waals surface area contributed by atoms with E-state index < -0.39 is 11.6 Å². The monoisotopic (exact) mass is 850 g/mol. The lowest BCUT2D eigenvalue weighted by molar-refractivity contribution is -0.151. The van der Waals surface area contributed by atoms with Crippen molar-refractivity contribution in [2.45, 2.75) is 143 Å². The van der Waals surface area contributed by atoms with Crippen molar-refractivity contribution in [2.75, 3.05) is 13.2 Å². The molecule has 61 heavy (non-hydrogen) atoms. The van der Waals surface area contributed by atoms with Gasteiger partial charge in [-0.3, -0.25) is 9.59 Å². The van der Waals surface area contributed by atoms with E-state index >= 15 is 0 Å². The van der Waals surface area contributed by atoms with Crippen LogP contribution in [0.3, 0.4) is 0 Å². The molecule has 2 aliphatic rings. The van der Waals surface area contributed by atoms with Gasteiger partial charge in [0.15, 0.2) is 23.1 Å². The van der Waals surface area contributed by atoms with E-state index in [1.54, 1.807) is 13.8 Å². The van der Waals surface area contributed by atoms with Gasteiger partial charge in [-0.2, -0.15) is 12.6 Å². The molecular weight excluding hydrogens is 785 g/mol. The highest BCUT2D eigenvalue weighted by Crippen LogP contribution is 2.37. The summed E-state index contributed by atoms with van der Waals surface area (Å²) in [7, 11) is 0. The van der Waals surface area contributed by atoms with Crippen molar-refractivity contribution in [2.24, 2.45) is 0 Å². The molecule has 0 aromatic heterocycles. The summed E-state index contributed by atoms with van der Waals surface area (Å²) < 4.78 is 36.3. The molecule has 2 heterocycles. The van der Waals surface area contributed by atoms with Crippen LogP contribution in [0, 0.1) is 27.7 Å². The Morgan fingerprint density at radius 1 is 0.656 bits per heavy atom. The normalized spacial score (nSPS) is 21.0. The minimum Gasteiger partial charge on any atom is -0.374 e. The van der Waals surface area contributed by atoms with Crippen LogP contribution in [0.5, 0.6) is 0 Å². The van der Waals surface area contributed by atoms with Gasteiger partial charge in [-0.15, -0.1) is 0 Å². The van der Waals surface area contributed by atoms with Gasteiger partial charge in [0.2, 0.25) is 0 Å². The zero-order valence-electron chi connectivity index (χ0n) is 37.8. The van der Waals surface area contributed by atoms with Crippen molar-refractivity contribution in [1.82, 2.24) is 0 Å². The Balaban J connectivity index is 0.000000231. The Hall–Kier alpha value is -3.93. The maximum atomic E-state index is 12.2. The van der Waals surface area contributed by atoms with E-state index in [9.17, 15) is 9.59 Å². The number of hydrogen-bond acceptors (Lipinski definition) is 9. The van der Waals surface area contributed by atoms with E-state index in [0.29, 0.717) is 32.8 Å². The predicted octanol–water partition coefficient (Wildman–Crippen LogP) is 11.6. The number of Topliss-reactive ketones (excluding diaryl/α,β-unsaturated/α-hetero) is 2. The molecule has 8 nitrogen and oxygen atoms in total. The van der Waals surface area contributed by atoms with Crippen molar-refractivity contribution in [3.8, 4) is 0 Å². The molecule has 2 aliphatic heterocycles. The molecule has 5 unspecified atom stereocenters. The molecule has 5 atom stereocenters. The number of aryl methyl sites for hydroxylation is 4. The first-order chi connectivity index (χ1) is 28.9. The number of hydrogen-bond donors (Lipinski definition) is 1. The van der Waals surface area contributed by atoms with Crippen molar-refractivity contribution in [1.29, 1.82) is 0 Å². The maximum Gasteiger partial charge on any atom is 0.163 e. The number of carbonyl (C=O) groups excluding carboxylic acids is 2. The Bertz CT molecular complexity index is 2090. The number of thiol groups is 1. The summed E-state index contributed by atoms with van der Waals surface area (Å²) in [5, 5.41) is -0.0456. The van der Waals surface area contributed by atoms with E-state index in [1.807, 2.05) is 109 Å². The largest absolute Gasteiger partial charge is 0.374 e. The summed E-state index contributed by atoms with van der Waals surface area (Å²) in [6.07, 6.45) is 5.89. The highest BCUT2D eigenvalue weighted by Gasteiger charge is 2.42. The lowest BCUT2D eigenvalue weighted by atomic mass is 9.92. The van der Waals surface area contributed by atoms with Gasteiger partial charge in [-0.1, -0.05) is 108 Å². The zero-order chi connectivity index (χ0) is 44.3. The molecule has 0 amide bonds. The molecule has 0 aliphatic carbocycles. The van der Waals surface area contributed by atoms with Crippen LogP contribution < -0.4 is 0 Å². The Labute approximate surface area is 369 Å². The Kier molecular flexibility index (Phi) is 17.3. The summed E-state index contributed by atoms with van der Waals surface area (Å²) in [5.74, 6) is -1.10. The smallest absolute Gasteiger partial charge is 0.163 e. The average Bonchev–Trinajstić information content (AvgIpc) is 3.65. The van der Waals surface area contributed by atoms with Gasteiger partial charge in [-0.25, -0.2) is 0 Å². The second-order valence-corrected chi connectivity index (χ2v) is 18.0. The summed E-state index contributed by atoms with van der Waals surface area (Å²) in [6.45, 7) is 21.1. The van der Waals surface area contributed by atoms with Crippen LogP contribution in [0.15, 0.2) is 91.0 Å². The molecular formula is C52H66O8S. The van der Waals surface area contributed by atoms with Crippen LogP contribution in [0.1, 0.15) is 131 Å². The van der Waals surface area contributed by atoms with Crippen LogP contribution in [-0.2, 0) is 41.6 Å². The van der Waals surface area contributed by atoms with E-state index in [4.69, 9.17) is 41.0 Å². The number of rotatable bonds is 17. The van der Waals surface area contributed by atoms with Crippen molar-refractivity contribution in [3.63, 3.8) is 0 Å². The lowest BCUT2D eigenvalue weighted by Crippen LogP contribution is -2.28. The fraction of sp³-hybridized carbons (Fsp3) is 0.462. The number of benzene rings is 4. The van der Waals surface area contributed by atoms with E-state index in [0.717, 1.165) is 68.5 Å². The molecule has 2 fully saturated rings. The molecule has 0 bridgehead atoms.